The van der Waals surface area contributed by atoms with Crippen LogP contribution in [0.4, 0.5) is 5.69 Å². The summed E-state index contributed by atoms with van der Waals surface area (Å²) in [5.41, 5.74) is 2.86. The van der Waals surface area contributed by atoms with Crippen molar-refractivity contribution in [2.24, 2.45) is 4.99 Å². The molecule has 21 heavy (non-hydrogen) atoms. The number of anilines is 1. The Balaban J connectivity index is 1.61. The van der Waals surface area contributed by atoms with E-state index in [0.29, 0.717) is 6.42 Å². The molecule has 0 fully saturated rings. The van der Waals surface area contributed by atoms with Crippen LogP contribution in [-0.2, 0) is 11.2 Å². The van der Waals surface area contributed by atoms with Crippen LogP contribution in [0.15, 0.2) is 59.6 Å². The van der Waals surface area contributed by atoms with Crippen molar-refractivity contribution in [3.63, 3.8) is 0 Å². The van der Waals surface area contributed by atoms with Crippen LogP contribution in [-0.4, -0.2) is 24.8 Å². The molecule has 0 saturated carbocycles. The molecule has 0 atom stereocenters. The minimum absolute atomic E-state index is 0.00900. The first kappa shape index (κ1) is 13.4. The molecule has 0 spiro atoms. The lowest BCUT2D eigenvalue weighted by Crippen LogP contribution is -2.19. The van der Waals surface area contributed by atoms with Crippen molar-refractivity contribution >= 4 is 17.4 Å². The van der Waals surface area contributed by atoms with Crippen molar-refractivity contribution < 1.29 is 4.79 Å². The van der Waals surface area contributed by atoms with Gasteiger partial charge in [0.15, 0.2) is 0 Å². The highest BCUT2D eigenvalue weighted by molar-refractivity contribution is 6.00. The number of rotatable bonds is 4. The number of benzene rings is 2. The first-order valence-electron chi connectivity index (χ1n) is 7.04. The van der Waals surface area contributed by atoms with Gasteiger partial charge in [0.25, 0.3) is 0 Å². The minimum atomic E-state index is -0.00900. The van der Waals surface area contributed by atoms with Crippen molar-refractivity contribution in [2.75, 3.05) is 18.4 Å². The largest absolute Gasteiger partial charge is 0.368 e. The van der Waals surface area contributed by atoms with Crippen LogP contribution >= 0.6 is 0 Å². The van der Waals surface area contributed by atoms with E-state index in [-0.39, 0.29) is 5.91 Å². The van der Waals surface area contributed by atoms with Crippen LogP contribution in [0, 0.1) is 0 Å². The predicted molar refractivity (Wildman–Crippen MR) is 84.6 cm³/mol. The van der Waals surface area contributed by atoms with Gasteiger partial charge in [0.2, 0.25) is 5.91 Å². The van der Waals surface area contributed by atoms with Gasteiger partial charge in [-0.2, -0.15) is 0 Å². The van der Waals surface area contributed by atoms with Crippen molar-refractivity contribution in [1.82, 2.24) is 5.32 Å². The zero-order chi connectivity index (χ0) is 14.5. The molecule has 0 bridgehead atoms. The third kappa shape index (κ3) is 3.48. The van der Waals surface area contributed by atoms with Gasteiger partial charge in [-0.25, -0.2) is 0 Å². The van der Waals surface area contributed by atoms with Gasteiger partial charge in [-0.15, -0.1) is 0 Å². The molecule has 1 aliphatic rings. The van der Waals surface area contributed by atoms with Crippen molar-refractivity contribution in [2.45, 2.75) is 6.42 Å². The summed E-state index contributed by atoms with van der Waals surface area (Å²) >= 11 is 0. The van der Waals surface area contributed by atoms with Gasteiger partial charge < -0.3 is 10.6 Å². The number of nitrogens with zero attached hydrogens (tertiary/aromatic N) is 1. The maximum absolute atomic E-state index is 12.0. The molecule has 106 valence electrons. The van der Waals surface area contributed by atoms with Crippen LogP contribution in [0.3, 0.4) is 0 Å². The summed E-state index contributed by atoms with van der Waals surface area (Å²) in [7, 11) is 0. The van der Waals surface area contributed by atoms with Crippen LogP contribution in [0.1, 0.15) is 11.1 Å². The van der Waals surface area contributed by atoms with Gasteiger partial charge in [0, 0.05) is 17.8 Å². The molecule has 2 aromatic carbocycles. The number of amidine groups is 1. The first-order chi connectivity index (χ1) is 10.3. The highest BCUT2D eigenvalue weighted by Gasteiger charge is 2.08. The summed E-state index contributed by atoms with van der Waals surface area (Å²) in [6, 6.07) is 17.5. The Morgan fingerprint density at radius 1 is 1.10 bits per heavy atom. The Morgan fingerprint density at radius 3 is 2.52 bits per heavy atom. The smallest absolute Gasteiger partial charge is 0.228 e. The van der Waals surface area contributed by atoms with Gasteiger partial charge >= 0.3 is 0 Å². The Hall–Kier alpha value is -2.62. The zero-order valence-electron chi connectivity index (χ0n) is 11.7. The fourth-order valence-electron chi connectivity index (χ4n) is 2.29. The lowest BCUT2D eigenvalue weighted by atomic mass is 10.1. The van der Waals surface area contributed by atoms with E-state index >= 15 is 0 Å². The molecule has 0 unspecified atom stereocenters. The second-order valence-electron chi connectivity index (χ2n) is 4.95. The van der Waals surface area contributed by atoms with Gasteiger partial charge in [0.1, 0.15) is 5.84 Å². The molecule has 2 aromatic rings. The topological polar surface area (TPSA) is 53.5 Å². The number of aliphatic imine (C=N–C) groups is 1. The summed E-state index contributed by atoms with van der Waals surface area (Å²) < 4.78 is 0. The zero-order valence-corrected chi connectivity index (χ0v) is 11.7. The Labute approximate surface area is 123 Å². The molecule has 0 aromatic heterocycles. The number of nitrogens with one attached hydrogen (secondary N) is 2. The molecule has 1 amide bonds. The average Bonchev–Trinajstić information content (AvgIpc) is 3.03. The van der Waals surface area contributed by atoms with Gasteiger partial charge in [-0.1, -0.05) is 30.3 Å². The number of carbonyl (C=O) groups is 1. The Bertz CT molecular complexity index is 647. The quantitative estimate of drug-likeness (QED) is 0.901. The molecule has 1 aliphatic heterocycles. The monoisotopic (exact) mass is 279 g/mol. The highest BCUT2D eigenvalue weighted by atomic mass is 16.1. The fourth-order valence-corrected chi connectivity index (χ4v) is 2.29. The summed E-state index contributed by atoms with van der Waals surface area (Å²) in [5.74, 6) is 0.919. The molecular weight excluding hydrogens is 262 g/mol. The summed E-state index contributed by atoms with van der Waals surface area (Å²) in [5, 5.41) is 6.14. The van der Waals surface area contributed by atoms with Crippen LogP contribution < -0.4 is 10.6 Å². The van der Waals surface area contributed by atoms with Crippen LogP contribution in [0.2, 0.25) is 0 Å². The molecule has 0 aliphatic carbocycles. The van der Waals surface area contributed by atoms with Gasteiger partial charge in [0.05, 0.1) is 13.0 Å². The standard InChI is InChI=1S/C17H17N3O/c21-16(12-13-4-2-1-3-5-13)20-15-8-6-14(7-9-15)17-18-10-11-19-17/h1-9H,10-12H2,(H,18,19)(H,20,21). The van der Waals surface area contributed by atoms with Crippen LogP contribution in [0.25, 0.3) is 0 Å². The van der Waals surface area contributed by atoms with Crippen molar-refractivity contribution in [3.8, 4) is 0 Å². The second kappa shape index (κ2) is 6.22. The van der Waals surface area contributed by atoms with E-state index in [1.807, 2.05) is 54.6 Å². The number of hydrogen-bond acceptors (Lipinski definition) is 3. The molecule has 1 heterocycles. The highest BCUT2D eigenvalue weighted by Crippen LogP contribution is 2.12. The third-order valence-corrected chi connectivity index (χ3v) is 3.32. The number of carbonyl (C=O) groups excluding carboxylic acids is 1. The first-order valence-corrected chi connectivity index (χ1v) is 7.04. The minimum Gasteiger partial charge on any atom is -0.368 e. The molecule has 4 heteroatoms. The lowest BCUT2D eigenvalue weighted by molar-refractivity contribution is -0.115. The lowest BCUT2D eigenvalue weighted by Gasteiger charge is -2.07. The van der Waals surface area contributed by atoms with Crippen LogP contribution in [0.5, 0.6) is 0 Å². The van der Waals surface area contributed by atoms with E-state index in [4.69, 9.17) is 0 Å². The van der Waals surface area contributed by atoms with E-state index in [1.165, 1.54) is 0 Å². The maximum Gasteiger partial charge on any atom is 0.228 e. The van der Waals surface area contributed by atoms with E-state index in [9.17, 15) is 4.79 Å². The molecule has 0 radical (unpaired) electrons. The van der Waals surface area contributed by atoms with Gasteiger partial charge in [-0.05, 0) is 29.8 Å². The number of hydrogen-bond donors (Lipinski definition) is 2. The summed E-state index contributed by atoms with van der Waals surface area (Å²) in [6.07, 6.45) is 0.386. The van der Waals surface area contributed by atoms with E-state index in [2.05, 4.69) is 15.6 Å². The van der Waals surface area contributed by atoms with E-state index < -0.39 is 0 Å². The normalized spacial score (nSPS) is 13.4. The molecule has 2 N–H and O–H groups in total. The van der Waals surface area contributed by atoms with Crippen molar-refractivity contribution in [3.05, 3.63) is 65.7 Å². The summed E-state index contributed by atoms with van der Waals surface area (Å²) in [6.45, 7) is 1.72. The van der Waals surface area contributed by atoms with E-state index in [0.717, 1.165) is 35.7 Å². The Kier molecular flexibility index (Phi) is 3.96. The predicted octanol–water partition coefficient (Wildman–Crippen LogP) is 2.22. The third-order valence-electron chi connectivity index (χ3n) is 3.32. The number of amides is 1. The van der Waals surface area contributed by atoms with Crippen molar-refractivity contribution in [1.29, 1.82) is 0 Å². The molecule has 3 rings (SSSR count). The molecular formula is C17H17N3O. The molecule has 0 saturated heterocycles. The maximum atomic E-state index is 12.0. The average molecular weight is 279 g/mol. The summed E-state index contributed by atoms with van der Waals surface area (Å²) in [4.78, 5) is 16.3. The van der Waals surface area contributed by atoms with Gasteiger partial charge in [-0.3, -0.25) is 9.79 Å². The Morgan fingerprint density at radius 2 is 1.86 bits per heavy atom. The molecule has 4 nitrogen and oxygen atoms in total. The fraction of sp³-hybridized carbons (Fsp3) is 0.176. The SMILES string of the molecule is O=C(Cc1ccccc1)Nc1ccc(C2=NCCN2)cc1. The second-order valence-corrected chi connectivity index (χ2v) is 4.95. The van der Waals surface area contributed by atoms with E-state index in [1.54, 1.807) is 0 Å².